The van der Waals surface area contributed by atoms with Gasteiger partial charge in [-0.05, 0) is 43.0 Å². The third kappa shape index (κ3) is 4.84. The van der Waals surface area contributed by atoms with E-state index < -0.39 is 11.7 Å². The highest BCUT2D eigenvalue weighted by molar-refractivity contribution is 7.15. The Morgan fingerprint density at radius 2 is 1.82 bits per heavy atom. The molecule has 2 aromatic carbocycles. The molecule has 1 amide bonds. The molecule has 0 fully saturated rings. The number of anilines is 1. The van der Waals surface area contributed by atoms with E-state index in [4.69, 9.17) is 9.51 Å². The number of thiazole rings is 1. The fraction of sp³-hybridized carbons (Fsp3) is 0.320. The molecule has 178 valence electrons. The molecule has 0 unspecified atom stereocenters. The topological polar surface area (TPSA) is 59.2 Å². The molecule has 0 aliphatic heterocycles. The SMILES string of the molecule is CC(=O)N(C)c1ccc2c(CCc3sc(-c4ccc(C(F)(F)F)cc4)nc3C(C)C)noc2c1. The van der Waals surface area contributed by atoms with Gasteiger partial charge in [0.05, 0.1) is 17.0 Å². The average molecular weight is 488 g/mol. The summed E-state index contributed by atoms with van der Waals surface area (Å²) in [5.41, 5.74) is 3.09. The van der Waals surface area contributed by atoms with Gasteiger partial charge in [-0.1, -0.05) is 31.1 Å². The Morgan fingerprint density at radius 3 is 2.44 bits per heavy atom. The molecule has 4 rings (SSSR count). The van der Waals surface area contributed by atoms with Crippen molar-refractivity contribution in [2.75, 3.05) is 11.9 Å². The quantitative estimate of drug-likeness (QED) is 0.298. The van der Waals surface area contributed by atoms with Gasteiger partial charge in [-0.25, -0.2) is 4.98 Å². The second kappa shape index (κ2) is 9.21. The molecule has 0 aliphatic carbocycles. The van der Waals surface area contributed by atoms with E-state index in [-0.39, 0.29) is 11.8 Å². The Balaban J connectivity index is 1.57. The average Bonchev–Trinajstić information content (AvgIpc) is 3.40. The van der Waals surface area contributed by atoms with Crippen LogP contribution < -0.4 is 4.90 Å². The van der Waals surface area contributed by atoms with Gasteiger partial charge in [-0.3, -0.25) is 4.79 Å². The molecular formula is C25H24F3N3O2S. The second-order valence-electron chi connectivity index (χ2n) is 8.45. The van der Waals surface area contributed by atoms with Gasteiger partial charge in [0.2, 0.25) is 5.91 Å². The highest BCUT2D eigenvalue weighted by atomic mass is 32.1. The molecule has 0 saturated carbocycles. The van der Waals surface area contributed by atoms with E-state index in [1.807, 2.05) is 26.0 Å². The molecule has 0 aliphatic rings. The molecule has 5 nitrogen and oxygen atoms in total. The number of aromatic nitrogens is 2. The molecule has 0 spiro atoms. The van der Waals surface area contributed by atoms with Gasteiger partial charge in [0.25, 0.3) is 0 Å². The number of carbonyl (C=O) groups is 1. The molecule has 0 radical (unpaired) electrons. The summed E-state index contributed by atoms with van der Waals surface area (Å²) in [6, 6.07) is 10.7. The van der Waals surface area contributed by atoms with Crippen molar-refractivity contribution >= 4 is 33.9 Å². The van der Waals surface area contributed by atoms with Crippen molar-refractivity contribution < 1.29 is 22.5 Å². The van der Waals surface area contributed by atoms with Crippen molar-refractivity contribution in [3.63, 3.8) is 0 Å². The Bertz CT molecular complexity index is 1320. The summed E-state index contributed by atoms with van der Waals surface area (Å²) in [6.45, 7) is 5.59. The first-order valence-corrected chi connectivity index (χ1v) is 11.7. The lowest BCUT2D eigenvalue weighted by molar-refractivity contribution is -0.137. The van der Waals surface area contributed by atoms with E-state index in [9.17, 15) is 18.0 Å². The van der Waals surface area contributed by atoms with Crippen LogP contribution in [0.4, 0.5) is 18.9 Å². The summed E-state index contributed by atoms with van der Waals surface area (Å²) in [7, 11) is 1.70. The number of hydrogen-bond donors (Lipinski definition) is 0. The van der Waals surface area contributed by atoms with Crippen LogP contribution in [-0.4, -0.2) is 23.1 Å². The first-order chi connectivity index (χ1) is 16.0. The minimum Gasteiger partial charge on any atom is -0.356 e. The standard InChI is InChI=1S/C25H24F3N3O2S/c1-14(2)23-22(34-24(29-23)16-5-7-17(8-6-16)25(26,27)28)12-11-20-19-10-9-18(31(4)15(3)32)13-21(19)33-30-20/h5-10,13-14H,11-12H2,1-4H3. The maximum atomic E-state index is 12.9. The van der Waals surface area contributed by atoms with Gasteiger partial charge in [0.15, 0.2) is 5.58 Å². The monoisotopic (exact) mass is 487 g/mol. The fourth-order valence-electron chi connectivity index (χ4n) is 3.70. The van der Waals surface area contributed by atoms with Crippen LogP contribution in [-0.2, 0) is 23.8 Å². The number of halogens is 3. The first-order valence-electron chi connectivity index (χ1n) is 10.8. The highest BCUT2D eigenvalue weighted by Gasteiger charge is 2.30. The number of rotatable bonds is 6. The molecule has 0 atom stereocenters. The van der Waals surface area contributed by atoms with Gasteiger partial charge < -0.3 is 9.42 Å². The largest absolute Gasteiger partial charge is 0.416 e. The van der Waals surface area contributed by atoms with Crippen LogP contribution in [0.1, 0.15) is 48.5 Å². The number of fused-ring (bicyclic) bond motifs is 1. The predicted octanol–water partition coefficient (Wildman–Crippen LogP) is 6.86. The molecule has 2 aromatic heterocycles. The van der Waals surface area contributed by atoms with Crippen molar-refractivity contribution in [3.05, 3.63) is 64.3 Å². The number of carbonyl (C=O) groups excluding carboxylic acids is 1. The summed E-state index contributed by atoms with van der Waals surface area (Å²) < 4.78 is 44.2. The van der Waals surface area contributed by atoms with Crippen LogP contribution in [0.3, 0.4) is 0 Å². The van der Waals surface area contributed by atoms with Gasteiger partial charge in [-0.2, -0.15) is 13.2 Å². The van der Waals surface area contributed by atoms with Crippen molar-refractivity contribution in [1.29, 1.82) is 0 Å². The van der Waals surface area contributed by atoms with E-state index in [2.05, 4.69) is 5.16 Å². The molecule has 9 heteroatoms. The van der Waals surface area contributed by atoms with Gasteiger partial charge in [0.1, 0.15) is 5.01 Å². The van der Waals surface area contributed by atoms with Gasteiger partial charge >= 0.3 is 6.18 Å². The fourth-order valence-corrected chi connectivity index (χ4v) is 4.92. The van der Waals surface area contributed by atoms with E-state index in [0.29, 0.717) is 29.0 Å². The molecule has 0 N–H and O–H groups in total. The molecule has 34 heavy (non-hydrogen) atoms. The van der Waals surface area contributed by atoms with Crippen molar-refractivity contribution in [3.8, 4) is 10.6 Å². The third-order valence-corrected chi connectivity index (χ3v) is 6.89. The van der Waals surface area contributed by atoms with Crippen LogP contribution in [0.15, 0.2) is 47.0 Å². The molecule has 2 heterocycles. The van der Waals surface area contributed by atoms with E-state index in [1.54, 1.807) is 13.1 Å². The minimum atomic E-state index is -4.36. The number of aryl methyl sites for hydroxylation is 2. The third-order valence-electron chi connectivity index (χ3n) is 5.71. The second-order valence-corrected chi connectivity index (χ2v) is 9.53. The van der Waals surface area contributed by atoms with Crippen LogP contribution in [0.5, 0.6) is 0 Å². The zero-order valence-corrected chi connectivity index (χ0v) is 20.0. The smallest absolute Gasteiger partial charge is 0.356 e. The highest BCUT2D eigenvalue weighted by Crippen LogP contribution is 2.35. The number of nitrogens with zero attached hydrogens (tertiary/aromatic N) is 3. The predicted molar refractivity (Wildman–Crippen MR) is 127 cm³/mol. The molecule has 4 aromatic rings. The van der Waals surface area contributed by atoms with Crippen molar-refractivity contribution in [1.82, 2.24) is 10.1 Å². The van der Waals surface area contributed by atoms with Crippen molar-refractivity contribution in [2.45, 2.75) is 45.7 Å². The summed E-state index contributed by atoms with van der Waals surface area (Å²) >= 11 is 1.50. The number of benzene rings is 2. The zero-order valence-electron chi connectivity index (χ0n) is 19.2. The lowest BCUT2D eigenvalue weighted by Gasteiger charge is -2.14. The Hall–Kier alpha value is -3.20. The minimum absolute atomic E-state index is 0.0747. The zero-order chi connectivity index (χ0) is 24.6. The summed E-state index contributed by atoms with van der Waals surface area (Å²) in [4.78, 5) is 19.0. The van der Waals surface area contributed by atoms with Gasteiger partial charge in [0, 0.05) is 41.6 Å². The summed E-state index contributed by atoms with van der Waals surface area (Å²) in [5, 5.41) is 5.82. The lowest BCUT2D eigenvalue weighted by atomic mass is 10.1. The van der Waals surface area contributed by atoms with E-state index in [0.717, 1.165) is 39.5 Å². The molecule has 0 saturated heterocycles. The van der Waals surface area contributed by atoms with Crippen molar-refractivity contribution in [2.24, 2.45) is 0 Å². The molecule has 0 bridgehead atoms. The first kappa shape index (κ1) is 23.9. The van der Waals surface area contributed by atoms with Gasteiger partial charge in [-0.15, -0.1) is 11.3 Å². The van der Waals surface area contributed by atoms with E-state index in [1.165, 1.54) is 35.3 Å². The maximum absolute atomic E-state index is 12.9. The maximum Gasteiger partial charge on any atom is 0.416 e. The normalized spacial score (nSPS) is 12.0. The Morgan fingerprint density at radius 1 is 1.12 bits per heavy atom. The van der Waals surface area contributed by atoms with Crippen LogP contribution in [0.25, 0.3) is 21.5 Å². The number of hydrogen-bond acceptors (Lipinski definition) is 5. The summed E-state index contributed by atoms with van der Waals surface area (Å²) in [6.07, 6.45) is -3.05. The molecular weight excluding hydrogens is 463 g/mol. The Kier molecular flexibility index (Phi) is 6.49. The summed E-state index contributed by atoms with van der Waals surface area (Å²) in [5.74, 6) is 0.0996. The van der Waals surface area contributed by atoms with E-state index >= 15 is 0 Å². The lowest BCUT2D eigenvalue weighted by Crippen LogP contribution is -2.22. The van der Waals surface area contributed by atoms with Crippen LogP contribution >= 0.6 is 11.3 Å². The Labute approximate surface area is 199 Å². The van der Waals surface area contributed by atoms with Crippen LogP contribution in [0, 0.1) is 0 Å². The number of amides is 1. The van der Waals surface area contributed by atoms with Crippen LogP contribution in [0.2, 0.25) is 0 Å². The number of alkyl halides is 3.